The zero-order valence-corrected chi connectivity index (χ0v) is 23.6. The van der Waals surface area contributed by atoms with Gasteiger partial charge in [-0.3, -0.25) is 19.4 Å². The number of aliphatic carboxylic acids is 1. The minimum absolute atomic E-state index is 0.0731. The molecule has 0 aliphatic heterocycles. The van der Waals surface area contributed by atoms with E-state index in [2.05, 4.69) is 20.9 Å². The van der Waals surface area contributed by atoms with Gasteiger partial charge in [0, 0.05) is 13.0 Å². The number of carboxylic acid groups (broad SMARTS) is 1. The summed E-state index contributed by atoms with van der Waals surface area (Å²) >= 11 is 0. The number of rotatable bonds is 21. The molecular formula is C27H47N9O5. The van der Waals surface area contributed by atoms with E-state index in [0.29, 0.717) is 45.2 Å². The second-order valence-electron chi connectivity index (χ2n) is 9.84. The smallest absolute Gasteiger partial charge is 0.326 e. The SMILES string of the molecule is NCCCCC(N)C(=O)NC(CCCCN)C(=O)NC(Cc1ccccc1)C(=O)NC(CCCN=C(N)N)C(=O)O. The molecule has 1 aromatic rings. The van der Waals surface area contributed by atoms with Gasteiger partial charge in [0.2, 0.25) is 17.7 Å². The van der Waals surface area contributed by atoms with Gasteiger partial charge in [-0.1, -0.05) is 36.8 Å². The summed E-state index contributed by atoms with van der Waals surface area (Å²) in [6.07, 6.45) is 3.77. The number of nitrogens with zero attached hydrogens (tertiary/aromatic N) is 1. The molecular weight excluding hydrogens is 530 g/mol. The van der Waals surface area contributed by atoms with Crippen molar-refractivity contribution in [3.05, 3.63) is 35.9 Å². The van der Waals surface area contributed by atoms with Gasteiger partial charge in [0.25, 0.3) is 0 Å². The van der Waals surface area contributed by atoms with Crippen LogP contribution in [-0.4, -0.2) is 78.6 Å². The van der Waals surface area contributed by atoms with Crippen LogP contribution >= 0.6 is 0 Å². The highest BCUT2D eigenvalue weighted by Crippen LogP contribution is 2.09. The first-order chi connectivity index (χ1) is 19.6. The molecule has 0 radical (unpaired) electrons. The normalized spacial score (nSPS) is 13.7. The Balaban J connectivity index is 3.06. The number of unbranched alkanes of at least 4 members (excludes halogenated alkanes) is 2. The molecule has 0 spiro atoms. The molecule has 0 aliphatic rings. The Morgan fingerprint density at radius 3 is 1.85 bits per heavy atom. The molecule has 14 heteroatoms. The molecule has 0 saturated heterocycles. The Kier molecular flexibility index (Phi) is 17.4. The van der Waals surface area contributed by atoms with Crippen LogP contribution in [0.25, 0.3) is 0 Å². The van der Waals surface area contributed by atoms with E-state index < -0.39 is 47.9 Å². The molecule has 230 valence electrons. The first-order valence-electron chi connectivity index (χ1n) is 14.0. The Morgan fingerprint density at radius 2 is 1.27 bits per heavy atom. The molecule has 4 unspecified atom stereocenters. The fourth-order valence-electron chi connectivity index (χ4n) is 4.04. The predicted molar refractivity (Wildman–Crippen MR) is 157 cm³/mol. The Labute approximate surface area is 241 Å². The van der Waals surface area contributed by atoms with E-state index in [1.807, 2.05) is 6.07 Å². The fourth-order valence-corrected chi connectivity index (χ4v) is 4.04. The van der Waals surface area contributed by atoms with Gasteiger partial charge in [0.1, 0.15) is 18.1 Å². The van der Waals surface area contributed by atoms with E-state index in [-0.39, 0.29) is 31.8 Å². The lowest BCUT2D eigenvalue weighted by molar-refractivity contribution is -0.142. The molecule has 4 atom stereocenters. The lowest BCUT2D eigenvalue weighted by Crippen LogP contribution is -2.57. The second kappa shape index (κ2) is 20.2. The summed E-state index contributed by atoms with van der Waals surface area (Å²) in [4.78, 5) is 55.1. The highest BCUT2D eigenvalue weighted by Gasteiger charge is 2.30. The lowest BCUT2D eigenvalue weighted by atomic mass is 10.0. The van der Waals surface area contributed by atoms with Crippen molar-refractivity contribution in [3.63, 3.8) is 0 Å². The summed E-state index contributed by atoms with van der Waals surface area (Å²) in [7, 11) is 0. The molecule has 0 saturated carbocycles. The molecule has 3 amide bonds. The van der Waals surface area contributed by atoms with Gasteiger partial charge >= 0.3 is 5.97 Å². The van der Waals surface area contributed by atoms with E-state index in [1.165, 1.54) is 0 Å². The number of carboxylic acids is 1. The molecule has 0 heterocycles. The Morgan fingerprint density at radius 1 is 0.732 bits per heavy atom. The second-order valence-corrected chi connectivity index (χ2v) is 9.84. The minimum atomic E-state index is -1.23. The summed E-state index contributed by atoms with van der Waals surface area (Å²) in [5.74, 6) is -3.09. The molecule has 14 N–H and O–H groups in total. The highest BCUT2D eigenvalue weighted by atomic mass is 16.4. The van der Waals surface area contributed by atoms with Crippen molar-refractivity contribution >= 4 is 29.7 Å². The van der Waals surface area contributed by atoms with E-state index in [4.69, 9.17) is 28.7 Å². The summed E-state index contributed by atoms with van der Waals surface area (Å²) < 4.78 is 0. The number of hydrogen-bond donors (Lipinski definition) is 9. The van der Waals surface area contributed by atoms with Crippen molar-refractivity contribution in [2.75, 3.05) is 19.6 Å². The van der Waals surface area contributed by atoms with E-state index in [1.54, 1.807) is 24.3 Å². The van der Waals surface area contributed by atoms with Crippen LogP contribution in [0, 0.1) is 0 Å². The fraction of sp³-hybridized carbons (Fsp3) is 0.593. The third-order valence-corrected chi connectivity index (χ3v) is 6.36. The monoisotopic (exact) mass is 577 g/mol. The van der Waals surface area contributed by atoms with Crippen LogP contribution in [0.5, 0.6) is 0 Å². The number of guanidine groups is 1. The maximum Gasteiger partial charge on any atom is 0.326 e. The van der Waals surface area contributed by atoms with Gasteiger partial charge in [-0.25, -0.2) is 4.79 Å². The summed E-state index contributed by atoms with van der Waals surface area (Å²) in [6, 6.07) is 4.85. The molecule has 1 rings (SSSR count). The van der Waals surface area contributed by atoms with Crippen LogP contribution in [0.2, 0.25) is 0 Å². The van der Waals surface area contributed by atoms with Crippen LogP contribution in [0.4, 0.5) is 0 Å². The number of amides is 3. The summed E-state index contributed by atoms with van der Waals surface area (Å²) in [5.41, 5.74) is 28.5. The molecule has 0 aliphatic carbocycles. The third kappa shape index (κ3) is 15.0. The quantitative estimate of drug-likeness (QED) is 0.0459. The van der Waals surface area contributed by atoms with Gasteiger partial charge in [-0.15, -0.1) is 0 Å². The maximum absolute atomic E-state index is 13.4. The van der Waals surface area contributed by atoms with Gasteiger partial charge in [0.15, 0.2) is 5.96 Å². The molecule has 1 aromatic carbocycles. The van der Waals surface area contributed by atoms with Gasteiger partial charge < -0.3 is 49.7 Å². The van der Waals surface area contributed by atoms with Gasteiger partial charge in [-0.05, 0) is 63.6 Å². The Hall–Kier alpha value is -3.75. The van der Waals surface area contributed by atoms with Crippen molar-refractivity contribution in [2.24, 2.45) is 33.7 Å². The standard InChI is InChI=1S/C27H47N9O5/c28-14-6-4-11-19(30)23(37)34-20(12-5-7-15-29)24(38)36-22(17-18-9-2-1-3-10-18)25(39)35-21(26(40)41)13-8-16-33-27(31)32/h1-3,9-10,19-22H,4-8,11-17,28-30H2,(H,34,37)(H,35,39)(H,36,38)(H,40,41)(H4,31,32,33). The minimum Gasteiger partial charge on any atom is -0.480 e. The van der Waals surface area contributed by atoms with E-state index in [9.17, 15) is 24.3 Å². The van der Waals surface area contributed by atoms with Crippen molar-refractivity contribution in [1.82, 2.24) is 16.0 Å². The largest absolute Gasteiger partial charge is 0.480 e. The Bertz CT molecular complexity index is 973. The number of nitrogens with one attached hydrogen (secondary N) is 3. The molecule has 41 heavy (non-hydrogen) atoms. The highest BCUT2D eigenvalue weighted by molar-refractivity contribution is 5.94. The van der Waals surface area contributed by atoms with Crippen LogP contribution in [0.3, 0.4) is 0 Å². The molecule has 0 bridgehead atoms. The lowest BCUT2D eigenvalue weighted by Gasteiger charge is -2.25. The number of nitrogens with two attached hydrogens (primary N) is 5. The van der Waals surface area contributed by atoms with Crippen LogP contribution < -0.4 is 44.6 Å². The number of hydrogen-bond acceptors (Lipinski definition) is 8. The summed E-state index contributed by atoms with van der Waals surface area (Å²) in [6.45, 7) is 1.10. The predicted octanol–water partition coefficient (Wildman–Crippen LogP) is -1.59. The first-order valence-corrected chi connectivity index (χ1v) is 14.0. The number of carbonyl (C=O) groups is 4. The number of benzene rings is 1. The average Bonchev–Trinajstić information content (AvgIpc) is 2.93. The van der Waals surface area contributed by atoms with Crippen LogP contribution in [0.1, 0.15) is 56.9 Å². The molecule has 0 fully saturated rings. The zero-order valence-electron chi connectivity index (χ0n) is 23.6. The van der Waals surface area contributed by atoms with Gasteiger partial charge in [0.05, 0.1) is 6.04 Å². The van der Waals surface area contributed by atoms with Gasteiger partial charge in [-0.2, -0.15) is 0 Å². The first kappa shape index (κ1) is 35.3. The van der Waals surface area contributed by atoms with E-state index in [0.717, 1.165) is 12.0 Å². The zero-order chi connectivity index (χ0) is 30.6. The van der Waals surface area contributed by atoms with Crippen molar-refractivity contribution in [2.45, 2.75) is 82.0 Å². The van der Waals surface area contributed by atoms with Crippen molar-refractivity contribution in [3.8, 4) is 0 Å². The van der Waals surface area contributed by atoms with Crippen LogP contribution in [-0.2, 0) is 25.6 Å². The topological polar surface area (TPSA) is 267 Å². The molecule has 14 nitrogen and oxygen atoms in total. The third-order valence-electron chi connectivity index (χ3n) is 6.36. The van der Waals surface area contributed by atoms with Crippen molar-refractivity contribution < 1.29 is 24.3 Å². The maximum atomic E-state index is 13.4. The average molecular weight is 578 g/mol. The number of aliphatic imine (C=N–C) groups is 1. The molecule has 0 aromatic heterocycles. The van der Waals surface area contributed by atoms with Crippen molar-refractivity contribution in [1.29, 1.82) is 0 Å². The number of carbonyl (C=O) groups excluding carboxylic acids is 3. The van der Waals surface area contributed by atoms with E-state index >= 15 is 0 Å². The van der Waals surface area contributed by atoms with Crippen LogP contribution in [0.15, 0.2) is 35.3 Å². The summed E-state index contributed by atoms with van der Waals surface area (Å²) in [5, 5.41) is 17.6.